The van der Waals surface area contributed by atoms with Gasteiger partial charge in [-0.2, -0.15) is 0 Å². The van der Waals surface area contributed by atoms with E-state index < -0.39 is 25.3 Å². The van der Waals surface area contributed by atoms with Gasteiger partial charge in [0.25, 0.3) is 0 Å². The van der Waals surface area contributed by atoms with Crippen LogP contribution in [0.5, 0.6) is 0 Å². The van der Waals surface area contributed by atoms with Crippen LogP contribution in [0.1, 0.15) is 26.3 Å². The molecule has 0 spiro atoms. The van der Waals surface area contributed by atoms with Crippen LogP contribution in [0.25, 0.3) is 0 Å². The molecule has 1 aromatic carbocycles. The van der Waals surface area contributed by atoms with Crippen LogP contribution < -0.4 is 9.71 Å². The molecule has 1 amide bonds. The summed E-state index contributed by atoms with van der Waals surface area (Å²) in [4.78, 5) is 11.0. The summed E-state index contributed by atoms with van der Waals surface area (Å²) < 4.78 is 38.2. The molecule has 0 unspecified atom stereocenters. The topological polar surface area (TPSA) is 29.1 Å². The van der Waals surface area contributed by atoms with Gasteiger partial charge in [-0.05, 0) is 0 Å². The summed E-state index contributed by atoms with van der Waals surface area (Å²) in [5.41, 5.74) is 0.927. The van der Waals surface area contributed by atoms with Crippen molar-refractivity contribution in [3.8, 4) is 0 Å². The first-order valence-corrected chi connectivity index (χ1v) is 12.7. The van der Waals surface area contributed by atoms with Crippen molar-refractivity contribution >= 4 is 29.3 Å². The fraction of sp³-hybridized carbons (Fsp3) is 0.533. The van der Waals surface area contributed by atoms with Crippen LogP contribution in [0.4, 0.5) is 18.9 Å². The van der Waals surface area contributed by atoms with Crippen molar-refractivity contribution < 1.29 is 18.0 Å². The number of nitrogens with one attached hydrogen (secondary N) is 1. The molecule has 0 heterocycles. The average molecular weight is 362 g/mol. The zero-order valence-corrected chi connectivity index (χ0v) is 15.0. The molecule has 0 aliphatic carbocycles. The Morgan fingerprint density at radius 2 is 1.67 bits per heavy atom. The Hall–Kier alpha value is -0.977. The summed E-state index contributed by atoms with van der Waals surface area (Å²) in [5.74, 6) is -1.92. The number of amides is 1. The van der Waals surface area contributed by atoms with Gasteiger partial charge >= 0.3 is 126 Å². The molecule has 0 aromatic heterocycles. The molecule has 0 bridgehead atoms. The van der Waals surface area contributed by atoms with Gasteiger partial charge in [0.1, 0.15) is 0 Å². The summed E-state index contributed by atoms with van der Waals surface area (Å²) in [6.07, 6.45) is -4.86. The minimum absolute atomic E-state index is 0.237. The van der Waals surface area contributed by atoms with Gasteiger partial charge < -0.3 is 0 Å². The molecule has 21 heavy (non-hydrogen) atoms. The number of halogens is 3. The van der Waals surface area contributed by atoms with Crippen LogP contribution in [-0.2, 0) is 4.79 Å². The second-order valence-corrected chi connectivity index (χ2v) is 16.4. The molecule has 1 N–H and O–H groups in total. The van der Waals surface area contributed by atoms with E-state index in [1.165, 1.54) is 4.40 Å². The summed E-state index contributed by atoms with van der Waals surface area (Å²) in [6, 6.07) is 5.47. The number of alkyl halides is 3. The summed E-state index contributed by atoms with van der Waals surface area (Å²) >= 11 is -2.12. The van der Waals surface area contributed by atoms with E-state index >= 15 is 0 Å². The van der Waals surface area contributed by atoms with Crippen molar-refractivity contribution in [2.45, 2.75) is 49.6 Å². The number of benzene rings is 1. The Kier molecular flexibility index (Phi) is 5.90. The minimum atomic E-state index is -4.86. The quantitative estimate of drug-likeness (QED) is 0.782. The van der Waals surface area contributed by atoms with Crippen LogP contribution in [0, 0.1) is 6.92 Å². The van der Waals surface area contributed by atoms with Crippen molar-refractivity contribution in [2.75, 3.05) is 5.32 Å². The monoisotopic (exact) mass is 363 g/mol. The third-order valence-electron chi connectivity index (χ3n) is 4.37. The van der Waals surface area contributed by atoms with Crippen molar-refractivity contribution in [2.24, 2.45) is 0 Å². The van der Waals surface area contributed by atoms with Gasteiger partial charge in [0.15, 0.2) is 0 Å². The number of anilines is 1. The molecule has 0 aliphatic heterocycles. The summed E-state index contributed by atoms with van der Waals surface area (Å²) in [5, 5.41) is 5.40. The summed E-state index contributed by atoms with van der Waals surface area (Å²) in [7, 11) is 0. The SMILES string of the molecule is C[CH2][Ge]([CH2]C)([CH2]C)[c]1ccc(NC(=O)C(F)(F)F)c(C)c1. The van der Waals surface area contributed by atoms with Crippen molar-refractivity contribution in [1.82, 2.24) is 0 Å². The van der Waals surface area contributed by atoms with Gasteiger partial charge in [0, 0.05) is 0 Å². The number of carbonyl (C=O) groups is 1. The standard InChI is InChI=1S/C15H22F3GeNO/c1-5-19(6-2,7-3)12-8-9-13(11(4)10-12)20-14(21)15(16,17)18/h8-10H,5-7H2,1-4H3,(H,20,21). The van der Waals surface area contributed by atoms with Crippen molar-refractivity contribution in [3.05, 3.63) is 23.8 Å². The molecule has 2 nitrogen and oxygen atoms in total. The second-order valence-electron chi connectivity index (χ2n) is 5.32. The molecular weight excluding hydrogens is 340 g/mol. The van der Waals surface area contributed by atoms with E-state index in [1.54, 1.807) is 13.0 Å². The third kappa shape index (κ3) is 4.02. The zero-order valence-electron chi connectivity index (χ0n) is 12.9. The van der Waals surface area contributed by atoms with Crippen molar-refractivity contribution in [1.29, 1.82) is 0 Å². The normalized spacial score (nSPS) is 12.3. The van der Waals surface area contributed by atoms with Gasteiger partial charge in [-0.1, -0.05) is 0 Å². The van der Waals surface area contributed by atoms with E-state index in [0.29, 0.717) is 5.56 Å². The molecule has 0 saturated heterocycles. The van der Waals surface area contributed by atoms with Gasteiger partial charge in [-0.3, -0.25) is 0 Å². The molecule has 0 aliphatic rings. The molecule has 0 saturated carbocycles. The molecular formula is C15H22F3GeNO. The van der Waals surface area contributed by atoms with Crippen LogP contribution in [0.2, 0.25) is 15.8 Å². The van der Waals surface area contributed by atoms with E-state index in [1.807, 2.05) is 17.4 Å². The zero-order chi connectivity index (χ0) is 16.3. The predicted octanol–water partition coefficient (Wildman–Crippen LogP) is 4.21. The van der Waals surface area contributed by atoms with E-state index in [2.05, 4.69) is 20.8 Å². The molecule has 6 heteroatoms. The number of carbonyl (C=O) groups excluding carboxylic acids is 1. The average Bonchev–Trinajstić information content (AvgIpc) is 2.43. The van der Waals surface area contributed by atoms with Gasteiger partial charge in [-0.15, -0.1) is 0 Å². The van der Waals surface area contributed by atoms with Crippen molar-refractivity contribution in [3.63, 3.8) is 0 Å². The van der Waals surface area contributed by atoms with Crippen LogP contribution >= 0.6 is 0 Å². The summed E-state index contributed by atoms with van der Waals surface area (Å²) in [6.45, 7) is 8.33. The number of rotatable bonds is 5. The van der Waals surface area contributed by atoms with Gasteiger partial charge in [0.2, 0.25) is 0 Å². The van der Waals surface area contributed by atoms with Gasteiger partial charge in [0.05, 0.1) is 0 Å². The Morgan fingerprint density at radius 3 is 2.05 bits per heavy atom. The number of hydrogen-bond donors (Lipinski definition) is 1. The molecule has 0 fully saturated rings. The van der Waals surface area contributed by atoms with Crippen LogP contribution in [0.3, 0.4) is 0 Å². The van der Waals surface area contributed by atoms with Crippen LogP contribution in [0.15, 0.2) is 18.2 Å². The third-order valence-corrected chi connectivity index (χ3v) is 16.1. The molecule has 1 rings (SSSR count). The molecule has 0 atom stereocenters. The molecule has 1 aromatic rings. The second kappa shape index (κ2) is 6.86. The van der Waals surface area contributed by atoms with E-state index in [9.17, 15) is 18.0 Å². The Balaban J connectivity index is 3.09. The first kappa shape index (κ1) is 18.1. The fourth-order valence-corrected chi connectivity index (χ4v) is 10.4. The predicted molar refractivity (Wildman–Crippen MR) is 82.7 cm³/mol. The van der Waals surface area contributed by atoms with E-state index in [-0.39, 0.29) is 5.69 Å². The Labute approximate surface area is 126 Å². The Morgan fingerprint density at radius 1 is 1.14 bits per heavy atom. The maximum absolute atomic E-state index is 12.3. The maximum atomic E-state index is 12.3. The van der Waals surface area contributed by atoms with E-state index in [4.69, 9.17) is 0 Å². The first-order chi connectivity index (χ1) is 9.70. The number of aryl methyl sites for hydroxylation is 1. The number of hydrogen-bond acceptors (Lipinski definition) is 1. The van der Waals surface area contributed by atoms with E-state index in [0.717, 1.165) is 15.8 Å². The van der Waals surface area contributed by atoms with Gasteiger partial charge in [-0.25, -0.2) is 0 Å². The Bertz CT molecular complexity index is 502. The molecule has 118 valence electrons. The molecule has 0 radical (unpaired) electrons. The van der Waals surface area contributed by atoms with Crippen LogP contribution in [-0.4, -0.2) is 25.3 Å². The first-order valence-electron chi connectivity index (χ1n) is 7.19. The fourth-order valence-electron chi connectivity index (χ4n) is 2.69.